The first kappa shape index (κ1) is 34.1. The third kappa shape index (κ3) is 5.75. The van der Waals surface area contributed by atoms with Gasteiger partial charge in [0.15, 0.2) is 5.58 Å². The van der Waals surface area contributed by atoms with E-state index < -0.39 is 0 Å². The fraction of sp³-hybridized carbons (Fsp3) is 0.111. The van der Waals surface area contributed by atoms with Crippen molar-refractivity contribution in [2.24, 2.45) is 0 Å². The lowest BCUT2D eigenvalue weighted by Gasteiger charge is -2.35. The first-order valence-electron chi connectivity index (χ1n) is 21.0. The Bertz CT molecular complexity index is 2940. The lowest BCUT2D eigenvalue weighted by atomic mass is 9.34. The molecule has 1 fully saturated rings. The Labute approximate surface area is 344 Å². The van der Waals surface area contributed by atoms with Crippen LogP contribution in [0.1, 0.15) is 43.6 Å². The van der Waals surface area contributed by atoms with E-state index >= 15 is 0 Å². The van der Waals surface area contributed by atoms with Crippen LogP contribution < -0.4 is 30.8 Å². The van der Waals surface area contributed by atoms with Crippen LogP contribution in [0.5, 0.6) is 23.0 Å². The molecule has 12 rings (SSSR count). The van der Waals surface area contributed by atoms with Gasteiger partial charge in [-0.3, -0.25) is 0 Å². The molecule has 0 saturated heterocycles. The van der Waals surface area contributed by atoms with Crippen LogP contribution in [0.15, 0.2) is 180 Å². The SMILES string of the molecule is c1ccc(-c2ccc3c(c2)Oc2cc(N(c4cccc(C5CCCCC5)c4)c4cccc5c4oc4ccccc45)cc4c2B3c2ccc(-c3ccccc3)cc2O4)cc1. The van der Waals surface area contributed by atoms with Crippen LogP contribution in [-0.4, -0.2) is 6.71 Å². The Morgan fingerprint density at radius 1 is 0.458 bits per heavy atom. The maximum absolute atomic E-state index is 7.08. The highest BCUT2D eigenvalue weighted by Crippen LogP contribution is 2.47. The molecule has 0 radical (unpaired) electrons. The van der Waals surface area contributed by atoms with Crippen LogP contribution in [0.3, 0.4) is 0 Å². The van der Waals surface area contributed by atoms with Crippen LogP contribution in [0.4, 0.5) is 17.1 Å². The molecule has 1 saturated carbocycles. The molecule has 0 bridgehead atoms. The van der Waals surface area contributed by atoms with Crippen LogP contribution in [0.2, 0.25) is 0 Å². The quantitative estimate of drug-likeness (QED) is 0.158. The van der Waals surface area contributed by atoms with E-state index in [1.807, 2.05) is 6.07 Å². The standard InChI is InChI=1S/C54H40BNO3/c1-4-14-35(15-5-1)38-20-12-21-41(30-38)56(47-24-13-23-44-43-22-10-11-25-48(43)59-54(44)47)42-33-51-53-52(34-42)58-50-32-40(37-18-8-3-9-19-37)27-29-46(50)55(53)45-28-26-39(31-49(45)57-51)36-16-6-2-7-17-36/h2-3,6-13,16-35H,1,4-5,14-15H2. The molecule has 282 valence electrons. The third-order valence-electron chi connectivity index (χ3n) is 12.8. The smallest absolute Gasteiger partial charge is 0.260 e. The van der Waals surface area contributed by atoms with Crippen molar-refractivity contribution >= 4 is 62.1 Å². The largest absolute Gasteiger partial charge is 0.458 e. The second-order valence-electron chi connectivity index (χ2n) is 16.2. The lowest BCUT2D eigenvalue weighted by Crippen LogP contribution is -2.57. The highest BCUT2D eigenvalue weighted by atomic mass is 16.5. The van der Waals surface area contributed by atoms with E-state index in [0.29, 0.717) is 5.92 Å². The summed E-state index contributed by atoms with van der Waals surface area (Å²) in [6.07, 6.45) is 6.33. The van der Waals surface area contributed by atoms with Crippen molar-refractivity contribution in [3.8, 4) is 45.3 Å². The molecule has 9 aromatic rings. The van der Waals surface area contributed by atoms with E-state index in [4.69, 9.17) is 13.9 Å². The predicted molar refractivity (Wildman–Crippen MR) is 243 cm³/mol. The first-order valence-corrected chi connectivity index (χ1v) is 21.0. The van der Waals surface area contributed by atoms with E-state index in [1.165, 1.54) is 37.7 Å². The van der Waals surface area contributed by atoms with E-state index in [9.17, 15) is 0 Å². The Kier molecular flexibility index (Phi) is 8.00. The summed E-state index contributed by atoms with van der Waals surface area (Å²) in [6.45, 7) is -0.0712. The van der Waals surface area contributed by atoms with Gasteiger partial charge in [0.2, 0.25) is 0 Å². The topological polar surface area (TPSA) is 34.8 Å². The van der Waals surface area contributed by atoms with Crippen molar-refractivity contribution in [2.75, 3.05) is 4.90 Å². The lowest BCUT2D eigenvalue weighted by molar-refractivity contribution is 0.443. The Morgan fingerprint density at radius 2 is 1.07 bits per heavy atom. The van der Waals surface area contributed by atoms with Gasteiger partial charge in [0.25, 0.3) is 6.71 Å². The normalized spacial score (nSPS) is 14.3. The maximum atomic E-state index is 7.08. The van der Waals surface area contributed by atoms with Crippen molar-refractivity contribution in [1.29, 1.82) is 0 Å². The zero-order valence-corrected chi connectivity index (χ0v) is 32.6. The number of furan rings is 1. The van der Waals surface area contributed by atoms with Crippen molar-refractivity contribution in [3.63, 3.8) is 0 Å². The highest BCUT2D eigenvalue weighted by Gasteiger charge is 2.41. The number of anilines is 3. The summed E-state index contributed by atoms with van der Waals surface area (Å²) in [5.41, 5.74) is 14.0. The molecule has 1 aliphatic carbocycles. The molecule has 0 atom stereocenters. The molecule has 0 N–H and O–H groups in total. The second kappa shape index (κ2) is 13.8. The number of para-hydroxylation sites is 2. The van der Waals surface area contributed by atoms with Crippen molar-refractivity contribution in [2.45, 2.75) is 38.0 Å². The number of ether oxygens (including phenoxy) is 2. The van der Waals surface area contributed by atoms with Crippen LogP contribution in [0, 0.1) is 0 Å². The zero-order valence-electron chi connectivity index (χ0n) is 32.6. The van der Waals surface area contributed by atoms with E-state index in [2.05, 4.69) is 175 Å². The molecule has 0 amide bonds. The van der Waals surface area contributed by atoms with Crippen molar-refractivity contribution < 1.29 is 13.9 Å². The Hall–Kier alpha value is -6.98. The summed E-state index contributed by atoms with van der Waals surface area (Å²) in [5.74, 6) is 3.86. The minimum atomic E-state index is -0.0712. The molecular formula is C54H40BNO3. The number of hydrogen-bond donors (Lipinski definition) is 0. The van der Waals surface area contributed by atoms with E-state index in [0.717, 1.165) is 101 Å². The number of benzene rings is 8. The Morgan fingerprint density at radius 3 is 1.75 bits per heavy atom. The predicted octanol–water partition coefficient (Wildman–Crippen LogP) is 13.2. The van der Waals surface area contributed by atoms with Crippen molar-refractivity contribution in [1.82, 2.24) is 0 Å². The monoisotopic (exact) mass is 761 g/mol. The van der Waals surface area contributed by atoms with Gasteiger partial charge in [0.05, 0.1) is 11.4 Å². The van der Waals surface area contributed by atoms with Gasteiger partial charge in [-0.2, -0.15) is 0 Å². The fourth-order valence-electron chi connectivity index (χ4n) is 9.92. The van der Waals surface area contributed by atoms with Gasteiger partial charge in [-0.25, -0.2) is 0 Å². The zero-order chi connectivity index (χ0) is 38.9. The minimum absolute atomic E-state index is 0.0712. The minimum Gasteiger partial charge on any atom is -0.458 e. The molecule has 0 spiro atoms. The summed E-state index contributed by atoms with van der Waals surface area (Å²) in [7, 11) is 0. The molecule has 0 unspecified atom stereocenters. The molecule has 4 nitrogen and oxygen atoms in total. The first-order chi connectivity index (χ1) is 29.2. The van der Waals surface area contributed by atoms with Gasteiger partial charge in [-0.15, -0.1) is 0 Å². The third-order valence-corrected chi connectivity index (χ3v) is 12.8. The molecule has 1 aromatic heterocycles. The maximum Gasteiger partial charge on any atom is 0.260 e. The summed E-state index contributed by atoms with van der Waals surface area (Å²) < 4.78 is 20.9. The molecule has 59 heavy (non-hydrogen) atoms. The van der Waals surface area contributed by atoms with Gasteiger partial charge in [-0.05, 0) is 93.9 Å². The average Bonchev–Trinajstić information content (AvgIpc) is 3.69. The number of rotatable bonds is 6. The molecule has 3 heterocycles. The number of hydrogen-bond acceptors (Lipinski definition) is 4. The van der Waals surface area contributed by atoms with Gasteiger partial charge < -0.3 is 18.8 Å². The van der Waals surface area contributed by atoms with Gasteiger partial charge in [0.1, 0.15) is 28.6 Å². The summed E-state index contributed by atoms with van der Waals surface area (Å²) in [6, 6.07) is 62.8. The fourth-order valence-corrected chi connectivity index (χ4v) is 9.92. The molecule has 2 aliphatic heterocycles. The number of nitrogens with zero attached hydrogens (tertiary/aromatic N) is 1. The Balaban J connectivity index is 1.08. The molecule has 3 aliphatic rings. The van der Waals surface area contributed by atoms with Gasteiger partial charge >= 0.3 is 0 Å². The van der Waals surface area contributed by atoms with Crippen LogP contribution in [-0.2, 0) is 0 Å². The van der Waals surface area contributed by atoms with Gasteiger partial charge in [-0.1, -0.05) is 147 Å². The molecular weight excluding hydrogens is 721 g/mol. The molecule has 5 heteroatoms. The highest BCUT2D eigenvalue weighted by molar-refractivity contribution is 6.98. The average molecular weight is 762 g/mol. The summed E-state index contributed by atoms with van der Waals surface area (Å²) >= 11 is 0. The van der Waals surface area contributed by atoms with E-state index in [-0.39, 0.29) is 6.71 Å². The molecule has 8 aromatic carbocycles. The summed E-state index contributed by atoms with van der Waals surface area (Å²) in [5, 5.41) is 2.19. The van der Waals surface area contributed by atoms with Crippen LogP contribution >= 0.6 is 0 Å². The van der Waals surface area contributed by atoms with E-state index in [1.54, 1.807) is 0 Å². The second-order valence-corrected chi connectivity index (χ2v) is 16.2. The van der Waals surface area contributed by atoms with Crippen LogP contribution in [0.25, 0.3) is 44.2 Å². The summed E-state index contributed by atoms with van der Waals surface area (Å²) in [4.78, 5) is 2.35. The van der Waals surface area contributed by atoms with Crippen molar-refractivity contribution in [3.05, 3.63) is 181 Å². The number of fused-ring (bicyclic) bond motifs is 7. The van der Waals surface area contributed by atoms with Gasteiger partial charge in [0, 0.05) is 34.1 Å².